The van der Waals surface area contributed by atoms with Crippen molar-refractivity contribution in [1.29, 1.82) is 0 Å². The Morgan fingerprint density at radius 2 is 1.70 bits per heavy atom. The molecule has 5 heteroatoms. The number of anilines is 1. The number of carbonyl (C=O) groups is 2. The Hall–Kier alpha value is -1.62. The summed E-state index contributed by atoms with van der Waals surface area (Å²) in [5, 5.41) is 14.1. The highest BCUT2D eigenvalue weighted by Crippen LogP contribution is 2.48. The lowest BCUT2D eigenvalue weighted by molar-refractivity contribution is -0.313. The van der Waals surface area contributed by atoms with Crippen molar-refractivity contribution in [2.24, 2.45) is 23.7 Å². The van der Waals surface area contributed by atoms with Gasteiger partial charge < -0.3 is 15.2 Å². The van der Waals surface area contributed by atoms with Crippen LogP contribution in [0.4, 0.5) is 5.69 Å². The van der Waals surface area contributed by atoms with Crippen molar-refractivity contribution in [3.63, 3.8) is 0 Å². The maximum atomic E-state index is 12.4. The smallest absolute Gasteiger partial charge is 0.228 e. The van der Waals surface area contributed by atoms with E-state index in [0.717, 1.165) is 10.9 Å². The van der Waals surface area contributed by atoms with E-state index in [1.54, 1.807) is 12.1 Å². The molecule has 3 rings (SSSR count). The van der Waals surface area contributed by atoms with Crippen molar-refractivity contribution in [2.45, 2.75) is 6.42 Å². The molecular weight excluding hydrogens is 322 g/mol. The quantitative estimate of drug-likeness (QED) is 0.853. The molecule has 0 heterocycles. The Morgan fingerprint density at radius 1 is 1.10 bits per heavy atom. The predicted octanol–water partition coefficient (Wildman–Crippen LogP) is 1.58. The Kier molecular flexibility index (Phi) is 3.38. The maximum Gasteiger partial charge on any atom is 0.228 e. The van der Waals surface area contributed by atoms with Gasteiger partial charge in [-0.05, 0) is 42.5 Å². The van der Waals surface area contributed by atoms with Gasteiger partial charge >= 0.3 is 0 Å². The lowest BCUT2D eigenvalue weighted by Gasteiger charge is -2.27. The highest BCUT2D eigenvalue weighted by Gasteiger charge is 2.48. The van der Waals surface area contributed by atoms with Gasteiger partial charge in [0.05, 0.1) is 5.92 Å². The SMILES string of the molecule is O=C([O-])[C@@H]1[C@H](C(=O)Nc2ccc(Br)cc2)[C@@H]2C=C[C@H]1C2. The maximum absolute atomic E-state index is 12.4. The van der Waals surface area contributed by atoms with Crippen LogP contribution in [-0.2, 0) is 9.59 Å². The van der Waals surface area contributed by atoms with Crippen LogP contribution in [-0.4, -0.2) is 11.9 Å². The second-order valence-electron chi connectivity index (χ2n) is 5.32. The van der Waals surface area contributed by atoms with E-state index in [1.807, 2.05) is 24.3 Å². The van der Waals surface area contributed by atoms with Crippen LogP contribution < -0.4 is 10.4 Å². The van der Waals surface area contributed by atoms with Crippen molar-refractivity contribution in [1.82, 2.24) is 0 Å². The van der Waals surface area contributed by atoms with Crippen LogP contribution in [0.5, 0.6) is 0 Å². The van der Waals surface area contributed by atoms with E-state index in [0.29, 0.717) is 5.69 Å². The Morgan fingerprint density at radius 3 is 2.30 bits per heavy atom. The van der Waals surface area contributed by atoms with Crippen LogP contribution in [0.1, 0.15) is 6.42 Å². The van der Waals surface area contributed by atoms with E-state index in [2.05, 4.69) is 21.2 Å². The second-order valence-corrected chi connectivity index (χ2v) is 6.23. The first-order valence-electron chi connectivity index (χ1n) is 6.52. The van der Waals surface area contributed by atoms with Crippen LogP contribution in [0, 0.1) is 23.7 Å². The Labute approximate surface area is 125 Å². The summed E-state index contributed by atoms with van der Waals surface area (Å²) in [6, 6.07) is 7.21. The molecule has 0 aromatic heterocycles. The van der Waals surface area contributed by atoms with E-state index in [4.69, 9.17) is 0 Å². The van der Waals surface area contributed by atoms with Crippen molar-refractivity contribution in [2.75, 3.05) is 5.32 Å². The number of carbonyl (C=O) groups excluding carboxylic acids is 2. The van der Waals surface area contributed by atoms with Gasteiger partial charge in [0.2, 0.25) is 5.91 Å². The monoisotopic (exact) mass is 334 g/mol. The summed E-state index contributed by atoms with van der Waals surface area (Å²) in [7, 11) is 0. The molecule has 1 fully saturated rings. The van der Waals surface area contributed by atoms with Crippen LogP contribution in [0.2, 0.25) is 0 Å². The van der Waals surface area contributed by atoms with Crippen molar-refractivity contribution < 1.29 is 14.7 Å². The molecule has 4 nitrogen and oxygen atoms in total. The summed E-state index contributed by atoms with van der Waals surface area (Å²) in [6.45, 7) is 0. The van der Waals surface area contributed by atoms with E-state index in [-0.39, 0.29) is 17.7 Å². The highest BCUT2D eigenvalue weighted by atomic mass is 79.9. The average molecular weight is 335 g/mol. The third-order valence-electron chi connectivity index (χ3n) is 4.15. The Bertz CT molecular complexity index is 581. The molecule has 1 N–H and O–H groups in total. The van der Waals surface area contributed by atoms with Gasteiger partial charge in [0.1, 0.15) is 0 Å². The first-order valence-corrected chi connectivity index (χ1v) is 7.31. The minimum absolute atomic E-state index is 0.0124. The summed E-state index contributed by atoms with van der Waals surface area (Å²) < 4.78 is 0.922. The number of aliphatic carboxylic acids is 1. The summed E-state index contributed by atoms with van der Waals surface area (Å²) in [6.07, 6.45) is 4.58. The van der Waals surface area contributed by atoms with Crippen molar-refractivity contribution >= 4 is 33.5 Å². The molecule has 1 amide bonds. The first-order chi connectivity index (χ1) is 9.56. The third-order valence-corrected chi connectivity index (χ3v) is 4.67. The number of amides is 1. The van der Waals surface area contributed by atoms with Gasteiger partial charge in [-0.25, -0.2) is 0 Å². The molecule has 0 aliphatic heterocycles. The largest absolute Gasteiger partial charge is 0.550 e. The van der Waals surface area contributed by atoms with Crippen molar-refractivity contribution in [3.8, 4) is 0 Å². The van der Waals surface area contributed by atoms with Gasteiger partial charge in [-0.1, -0.05) is 28.1 Å². The molecule has 0 spiro atoms. The number of fused-ring (bicyclic) bond motifs is 2. The van der Waals surface area contributed by atoms with E-state index in [1.165, 1.54) is 0 Å². The predicted molar refractivity (Wildman–Crippen MR) is 75.5 cm³/mol. The van der Waals surface area contributed by atoms with E-state index >= 15 is 0 Å². The number of nitrogens with one attached hydrogen (secondary N) is 1. The molecule has 0 saturated heterocycles. The van der Waals surface area contributed by atoms with Gasteiger partial charge in [0.25, 0.3) is 0 Å². The zero-order chi connectivity index (χ0) is 14.3. The molecule has 0 unspecified atom stereocenters. The topological polar surface area (TPSA) is 69.2 Å². The first kappa shape index (κ1) is 13.4. The fraction of sp³-hybridized carbons (Fsp3) is 0.333. The number of carboxylic acid groups (broad SMARTS) is 1. The number of benzene rings is 1. The van der Waals surface area contributed by atoms with E-state index in [9.17, 15) is 14.7 Å². The van der Waals surface area contributed by atoms with Gasteiger partial charge in [0.15, 0.2) is 0 Å². The molecule has 0 radical (unpaired) electrons. The molecule has 1 aromatic carbocycles. The Balaban J connectivity index is 1.78. The number of carboxylic acids is 1. The van der Waals surface area contributed by atoms with Gasteiger partial charge in [-0.2, -0.15) is 0 Å². The van der Waals surface area contributed by atoms with Crippen LogP contribution in [0.25, 0.3) is 0 Å². The molecule has 2 aliphatic carbocycles. The average Bonchev–Trinajstić information content (AvgIpc) is 3.01. The lowest BCUT2D eigenvalue weighted by Crippen LogP contribution is -2.42. The minimum atomic E-state index is -1.13. The highest BCUT2D eigenvalue weighted by molar-refractivity contribution is 9.10. The molecule has 2 aliphatic rings. The number of hydrogen-bond donors (Lipinski definition) is 1. The molecular formula is C15H13BrNO3-. The fourth-order valence-electron chi connectivity index (χ4n) is 3.26. The number of allylic oxidation sites excluding steroid dienone is 2. The number of hydrogen-bond acceptors (Lipinski definition) is 3. The molecule has 4 atom stereocenters. The standard InChI is InChI=1S/C15H14BrNO3/c16-10-3-5-11(6-4-10)17-14(18)12-8-1-2-9(7-8)13(12)15(19)20/h1-6,8-9,12-13H,7H2,(H,17,18)(H,19,20)/p-1/t8-,9+,12-,13+/m1/s1. The molecule has 1 aromatic rings. The van der Waals surface area contributed by atoms with Gasteiger partial charge in [-0.15, -0.1) is 0 Å². The molecule has 2 bridgehead atoms. The van der Waals surface area contributed by atoms with Gasteiger partial charge in [0, 0.05) is 22.0 Å². The van der Waals surface area contributed by atoms with Crippen LogP contribution in [0.15, 0.2) is 40.9 Å². The summed E-state index contributed by atoms with van der Waals surface area (Å²) >= 11 is 3.33. The molecule has 104 valence electrons. The number of halogens is 1. The normalized spacial score (nSPS) is 30.4. The lowest BCUT2D eigenvalue weighted by atomic mass is 9.82. The van der Waals surface area contributed by atoms with Gasteiger partial charge in [-0.3, -0.25) is 4.79 Å². The zero-order valence-electron chi connectivity index (χ0n) is 10.6. The fourth-order valence-corrected chi connectivity index (χ4v) is 3.52. The summed E-state index contributed by atoms with van der Waals surface area (Å²) in [4.78, 5) is 23.6. The van der Waals surface area contributed by atoms with E-state index < -0.39 is 17.8 Å². The minimum Gasteiger partial charge on any atom is -0.550 e. The zero-order valence-corrected chi connectivity index (χ0v) is 12.2. The van der Waals surface area contributed by atoms with Crippen LogP contribution in [0.3, 0.4) is 0 Å². The summed E-state index contributed by atoms with van der Waals surface area (Å²) in [5.74, 6) is -2.65. The number of rotatable bonds is 3. The molecule has 1 saturated carbocycles. The third kappa shape index (κ3) is 2.26. The second kappa shape index (κ2) is 5.05. The summed E-state index contributed by atoms with van der Waals surface area (Å²) in [5.41, 5.74) is 0.669. The molecule has 20 heavy (non-hydrogen) atoms. The van der Waals surface area contributed by atoms with Crippen LogP contribution >= 0.6 is 15.9 Å². The van der Waals surface area contributed by atoms with Crippen molar-refractivity contribution in [3.05, 3.63) is 40.9 Å².